The Bertz CT molecular complexity index is 1190. The van der Waals surface area contributed by atoms with E-state index in [1.54, 1.807) is 7.05 Å². The van der Waals surface area contributed by atoms with Crippen LogP contribution in [0, 0.1) is 0 Å². The van der Waals surface area contributed by atoms with Crippen molar-refractivity contribution in [1.82, 2.24) is 28.9 Å². The third kappa shape index (κ3) is 3.33. The number of alkyl halides is 3. The summed E-state index contributed by atoms with van der Waals surface area (Å²) in [5.41, 5.74) is -1.43. The van der Waals surface area contributed by atoms with Gasteiger partial charge in [-0.1, -0.05) is 25.7 Å². The minimum Gasteiger partial charge on any atom is -0.415 e. The maximum Gasteiger partial charge on any atom is 0.470 e. The lowest BCUT2D eigenvalue weighted by Crippen LogP contribution is -2.47. The van der Waals surface area contributed by atoms with E-state index < -0.39 is 41.3 Å². The highest BCUT2D eigenvalue weighted by Crippen LogP contribution is 2.33. The van der Waals surface area contributed by atoms with Gasteiger partial charge in [-0.3, -0.25) is 9.36 Å². The van der Waals surface area contributed by atoms with Gasteiger partial charge >= 0.3 is 17.8 Å². The Hall–Kier alpha value is -2.92. The molecule has 0 aliphatic heterocycles. The number of rotatable bonds is 3. The Labute approximate surface area is 168 Å². The maximum absolute atomic E-state index is 13.4. The van der Waals surface area contributed by atoms with Crippen LogP contribution in [0.25, 0.3) is 11.2 Å². The number of hydrogen-bond acceptors (Lipinski definition) is 6. The van der Waals surface area contributed by atoms with Gasteiger partial charge in [0.1, 0.15) is 6.54 Å². The number of imidazole rings is 1. The van der Waals surface area contributed by atoms with Crippen molar-refractivity contribution >= 4 is 11.2 Å². The molecule has 0 N–H and O–H groups in total. The quantitative estimate of drug-likeness (QED) is 0.597. The normalized spacial score (nSPS) is 17.4. The summed E-state index contributed by atoms with van der Waals surface area (Å²) in [6, 6.07) is 0. The van der Waals surface area contributed by atoms with Gasteiger partial charge in [0.15, 0.2) is 11.2 Å². The number of nitrogens with zero attached hydrogens (tertiary/aromatic N) is 6. The fraction of sp³-hybridized carbons (Fsp3) is 0.611. The SMILES string of the molecule is Cn1cnc2c1c(=O)n(Cc1nnc(C(F)(F)F)o1)c(=O)n2C1(C)CCCCCC1. The van der Waals surface area contributed by atoms with Crippen molar-refractivity contribution < 1.29 is 17.6 Å². The highest BCUT2D eigenvalue weighted by molar-refractivity contribution is 5.70. The Kier molecular flexibility index (Phi) is 4.82. The smallest absolute Gasteiger partial charge is 0.415 e. The van der Waals surface area contributed by atoms with Crippen LogP contribution in [0.3, 0.4) is 0 Å². The van der Waals surface area contributed by atoms with Crippen LogP contribution in [0.2, 0.25) is 0 Å². The monoisotopic (exact) mass is 426 g/mol. The van der Waals surface area contributed by atoms with Crippen molar-refractivity contribution in [2.75, 3.05) is 0 Å². The molecule has 0 unspecified atom stereocenters. The van der Waals surface area contributed by atoms with Crippen molar-refractivity contribution in [3.05, 3.63) is 38.9 Å². The predicted molar refractivity (Wildman–Crippen MR) is 99.0 cm³/mol. The van der Waals surface area contributed by atoms with Gasteiger partial charge in [0.25, 0.3) is 5.56 Å². The Balaban J connectivity index is 1.90. The second-order valence-electron chi connectivity index (χ2n) is 7.95. The van der Waals surface area contributed by atoms with E-state index in [0.717, 1.165) is 43.1 Å². The average molecular weight is 426 g/mol. The third-order valence-corrected chi connectivity index (χ3v) is 5.72. The molecule has 0 radical (unpaired) electrons. The average Bonchev–Trinajstić information content (AvgIpc) is 3.22. The van der Waals surface area contributed by atoms with Crippen LogP contribution in [-0.2, 0) is 25.3 Å². The topological polar surface area (TPSA) is 101 Å². The summed E-state index contributed by atoms with van der Waals surface area (Å²) in [5, 5.41) is 6.33. The Morgan fingerprint density at radius 3 is 2.40 bits per heavy atom. The fourth-order valence-electron chi connectivity index (χ4n) is 4.16. The summed E-state index contributed by atoms with van der Waals surface area (Å²) in [5.74, 6) is -2.00. The molecular weight excluding hydrogens is 405 g/mol. The van der Waals surface area contributed by atoms with Crippen LogP contribution in [0.15, 0.2) is 20.3 Å². The zero-order valence-corrected chi connectivity index (χ0v) is 16.6. The second-order valence-corrected chi connectivity index (χ2v) is 7.95. The zero-order valence-electron chi connectivity index (χ0n) is 16.6. The molecule has 0 spiro atoms. The first-order valence-corrected chi connectivity index (χ1v) is 9.69. The molecule has 1 aliphatic carbocycles. The molecule has 1 saturated carbocycles. The lowest BCUT2D eigenvalue weighted by molar-refractivity contribution is -0.157. The Morgan fingerprint density at radius 2 is 1.80 bits per heavy atom. The summed E-state index contributed by atoms with van der Waals surface area (Å²) in [7, 11) is 1.62. The molecule has 0 aromatic carbocycles. The van der Waals surface area contributed by atoms with Crippen LogP contribution in [0.1, 0.15) is 57.2 Å². The van der Waals surface area contributed by atoms with Gasteiger partial charge in [-0.15, -0.1) is 10.2 Å². The van der Waals surface area contributed by atoms with Gasteiger partial charge in [0, 0.05) is 12.6 Å². The summed E-state index contributed by atoms with van der Waals surface area (Å²) >= 11 is 0. The number of hydrogen-bond donors (Lipinski definition) is 0. The van der Waals surface area contributed by atoms with Gasteiger partial charge in [-0.25, -0.2) is 14.3 Å². The van der Waals surface area contributed by atoms with Crippen LogP contribution in [0.5, 0.6) is 0 Å². The van der Waals surface area contributed by atoms with Gasteiger partial charge in [-0.05, 0) is 19.8 Å². The van der Waals surface area contributed by atoms with Crippen LogP contribution >= 0.6 is 0 Å². The molecule has 1 fully saturated rings. The van der Waals surface area contributed by atoms with E-state index in [2.05, 4.69) is 19.6 Å². The van der Waals surface area contributed by atoms with Crippen molar-refractivity contribution in [2.24, 2.45) is 7.05 Å². The first-order chi connectivity index (χ1) is 14.1. The van der Waals surface area contributed by atoms with Gasteiger partial charge < -0.3 is 8.98 Å². The first kappa shape index (κ1) is 20.4. The van der Waals surface area contributed by atoms with Crippen LogP contribution < -0.4 is 11.2 Å². The van der Waals surface area contributed by atoms with Gasteiger partial charge in [-0.2, -0.15) is 13.2 Å². The van der Waals surface area contributed by atoms with E-state index in [1.807, 2.05) is 6.92 Å². The van der Waals surface area contributed by atoms with E-state index >= 15 is 0 Å². The third-order valence-electron chi connectivity index (χ3n) is 5.72. The largest absolute Gasteiger partial charge is 0.470 e. The van der Waals surface area contributed by atoms with Crippen molar-refractivity contribution in [3.8, 4) is 0 Å². The van der Waals surface area contributed by atoms with E-state index in [-0.39, 0.29) is 11.2 Å². The molecule has 0 amide bonds. The molecule has 0 saturated heterocycles. The second kappa shape index (κ2) is 7.10. The van der Waals surface area contributed by atoms with E-state index in [9.17, 15) is 22.8 Å². The summed E-state index contributed by atoms with van der Waals surface area (Å²) in [6.45, 7) is 1.40. The standard InChI is InChI=1S/C18H21F3N6O3/c1-17(7-5-3-4-6-8-17)27-13-12(25(2)10-22-13)14(28)26(16(27)29)9-11-23-24-15(30-11)18(19,20)21/h10H,3-9H2,1-2H3. The highest BCUT2D eigenvalue weighted by Gasteiger charge is 2.38. The number of fused-ring (bicyclic) bond motifs is 1. The van der Waals surface area contributed by atoms with E-state index in [0.29, 0.717) is 0 Å². The molecule has 3 aromatic rings. The van der Waals surface area contributed by atoms with E-state index in [1.165, 1.54) is 15.5 Å². The zero-order chi connectivity index (χ0) is 21.7. The minimum absolute atomic E-state index is 0.190. The minimum atomic E-state index is -4.81. The molecule has 30 heavy (non-hydrogen) atoms. The summed E-state index contributed by atoms with van der Waals surface area (Å²) < 4.78 is 46.8. The molecule has 162 valence electrons. The highest BCUT2D eigenvalue weighted by atomic mass is 19.4. The molecule has 3 aromatic heterocycles. The lowest BCUT2D eigenvalue weighted by Gasteiger charge is -2.31. The van der Waals surface area contributed by atoms with Gasteiger partial charge in [0.2, 0.25) is 5.89 Å². The summed E-state index contributed by atoms with van der Waals surface area (Å²) in [6.07, 6.45) is 2.06. The molecule has 0 atom stereocenters. The maximum atomic E-state index is 13.4. The molecule has 3 heterocycles. The molecule has 4 rings (SSSR count). The molecule has 12 heteroatoms. The molecular formula is C18H21F3N6O3. The lowest BCUT2D eigenvalue weighted by atomic mass is 9.92. The number of aromatic nitrogens is 6. The van der Waals surface area contributed by atoms with E-state index in [4.69, 9.17) is 0 Å². The van der Waals surface area contributed by atoms with Crippen molar-refractivity contribution in [1.29, 1.82) is 0 Å². The molecule has 9 nitrogen and oxygen atoms in total. The Morgan fingerprint density at radius 1 is 1.13 bits per heavy atom. The number of halogens is 3. The fourth-order valence-corrected chi connectivity index (χ4v) is 4.16. The van der Waals surface area contributed by atoms with Crippen LogP contribution in [0.4, 0.5) is 13.2 Å². The summed E-state index contributed by atoms with van der Waals surface area (Å²) in [4.78, 5) is 30.7. The first-order valence-electron chi connectivity index (χ1n) is 9.69. The van der Waals surface area contributed by atoms with Crippen molar-refractivity contribution in [2.45, 2.75) is 63.7 Å². The van der Waals surface area contributed by atoms with Crippen molar-refractivity contribution in [3.63, 3.8) is 0 Å². The molecule has 0 bridgehead atoms. The van der Waals surface area contributed by atoms with Gasteiger partial charge in [0.05, 0.1) is 6.33 Å². The van der Waals surface area contributed by atoms with Crippen LogP contribution in [-0.4, -0.2) is 28.9 Å². The number of aryl methyl sites for hydroxylation is 1. The molecule has 1 aliphatic rings. The predicted octanol–water partition coefficient (Wildman–Crippen LogP) is 2.42.